The first-order chi connectivity index (χ1) is 9.67. The van der Waals surface area contributed by atoms with Crippen LogP contribution in [0.4, 0.5) is 0 Å². The summed E-state index contributed by atoms with van der Waals surface area (Å²) >= 11 is 3.44. The molecule has 3 nitrogen and oxygen atoms in total. The lowest BCUT2D eigenvalue weighted by Crippen LogP contribution is -2.40. The zero-order valence-corrected chi connectivity index (χ0v) is 12.9. The summed E-state index contributed by atoms with van der Waals surface area (Å²) in [5.41, 5.74) is 8.28. The topological polar surface area (TPSA) is 51.8 Å². The van der Waals surface area contributed by atoms with E-state index in [0.29, 0.717) is 0 Å². The van der Waals surface area contributed by atoms with Crippen LogP contribution in [0.25, 0.3) is 11.1 Å². The summed E-state index contributed by atoms with van der Waals surface area (Å²) in [7, 11) is 0. The minimum Gasteiger partial charge on any atom is -0.319 e. The molecule has 1 heterocycles. The van der Waals surface area contributed by atoms with Crippen LogP contribution in [0.3, 0.4) is 0 Å². The quantitative estimate of drug-likeness (QED) is 0.903. The predicted octanol–water partition coefficient (Wildman–Crippen LogP) is 4.02. The molecule has 0 radical (unpaired) electrons. The Morgan fingerprint density at radius 2 is 1.50 bits per heavy atom. The maximum absolute atomic E-state index is 6.46. The van der Waals surface area contributed by atoms with Gasteiger partial charge in [0.2, 0.25) is 0 Å². The Balaban J connectivity index is 1.85. The van der Waals surface area contributed by atoms with Gasteiger partial charge in [-0.25, -0.2) is 9.97 Å². The van der Waals surface area contributed by atoms with Crippen LogP contribution in [0, 0.1) is 0 Å². The van der Waals surface area contributed by atoms with Crippen LogP contribution >= 0.6 is 15.9 Å². The Kier molecular flexibility index (Phi) is 3.85. The van der Waals surface area contributed by atoms with Crippen molar-refractivity contribution in [3.63, 3.8) is 0 Å². The van der Waals surface area contributed by atoms with Crippen LogP contribution in [0.2, 0.25) is 0 Å². The molecule has 1 aromatic carbocycles. The molecule has 1 fully saturated rings. The van der Waals surface area contributed by atoms with Crippen molar-refractivity contribution in [3.05, 3.63) is 47.0 Å². The summed E-state index contributed by atoms with van der Waals surface area (Å²) in [5, 5.41) is 0. The largest absolute Gasteiger partial charge is 0.319 e. The highest BCUT2D eigenvalue weighted by Gasteiger charge is 2.32. The van der Waals surface area contributed by atoms with E-state index in [0.717, 1.165) is 34.3 Å². The fourth-order valence-corrected chi connectivity index (χ4v) is 3.05. The van der Waals surface area contributed by atoms with Crippen molar-refractivity contribution in [1.82, 2.24) is 9.97 Å². The maximum Gasteiger partial charge on any atom is 0.148 e. The molecule has 0 unspecified atom stereocenters. The van der Waals surface area contributed by atoms with Gasteiger partial charge in [0, 0.05) is 22.4 Å². The minimum absolute atomic E-state index is 0.323. The third kappa shape index (κ3) is 2.76. The van der Waals surface area contributed by atoms with E-state index in [9.17, 15) is 0 Å². The van der Waals surface area contributed by atoms with Crippen LogP contribution in [0.5, 0.6) is 0 Å². The van der Waals surface area contributed by atoms with Gasteiger partial charge in [0.25, 0.3) is 0 Å². The standard InChI is InChI=1S/C16H18BrN3/c17-14-6-4-12(5-7-14)13-10-19-15(20-11-13)16(18)8-2-1-3-9-16/h4-7,10-11H,1-3,8-9,18H2. The molecule has 4 heteroatoms. The molecule has 0 saturated heterocycles. The highest BCUT2D eigenvalue weighted by Crippen LogP contribution is 2.33. The molecule has 0 spiro atoms. The van der Waals surface area contributed by atoms with Crippen LogP contribution in [0.15, 0.2) is 41.1 Å². The van der Waals surface area contributed by atoms with Gasteiger partial charge in [0.05, 0.1) is 5.54 Å². The predicted molar refractivity (Wildman–Crippen MR) is 84.1 cm³/mol. The van der Waals surface area contributed by atoms with E-state index in [1.165, 1.54) is 19.3 Å². The van der Waals surface area contributed by atoms with Crippen molar-refractivity contribution < 1.29 is 0 Å². The number of aromatic nitrogens is 2. The second kappa shape index (κ2) is 5.62. The van der Waals surface area contributed by atoms with E-state index in [1.807, 2.05) is 24.5 Å². The van der Waals surface area contributed by atoms with Crippen LogP contribution in [-0.2, 0) is 5.54 Å². The second-order valence-electron chi connectivity index (χ2n) is 5.52. The summed E-state index contributed by atoms with van der Waals surface area (Å²) < 4.78 is 1.07. The van der Waals surface area contributed by atoms with E-state index in [1.54, 1.807) is 0 Å². The van der Waals surface area contributed by atoms with Crippen molar-refractivity contribution in [3.8, 4) is 11.1 Å². The van der Waals surface area contributed by atoms with Gasteiger partial charge in [0.1, 0.15) is 5.82 Å². The number of hydrogen-bond donors (Lipinski definition) is 1. The van der Waals surface area contributed by atoms with E-state index in [2.05, 4.69) is 38.0 Å². The molecule has 104 valence electrons. The Morgan fingerprint density at radius 1 is 0.900 bits per heavy atom. The fraction of sp³-hybridized carbons (Fsp3) is 0.375. The second-order valence-corrected chi connectivity index (χ2v) is 6.43. The maximum atomic E-state index is 6.46. The molecule has 1 saturated carbocycles. The third-order valence-electron chi connectivity index (χ3n) is 4.02. The van der Waals surface area contributed by atoms with Crippen molar-refractivity contribution in [2.24, 2.45) is 5.73 Å². The van der Waals surface area contributed by atoms with Crippen molar-refractivity contribution in [1.29, 1.82) is 0 Å². The zero-order chi connectivity index (χ0) is 14.0. The van der Waals surface area contributed by atoms with Crippen LogP contribution < -0.4 is 5.73 Å². The van der Waals surface area contributed by atoms with Gasteiger partial charge < -0.3 is 5.73 Å². The molecule has 1 aliphatic rings. The van der Waals surface area contributed by atoms with Gasteiger partial charge in [-0.15, -0.1) is 0 Å². The number of hydrogen-bond acceptors (Lipinski definition) is 3. The lowest BCUT2D eigenvalue weighted by atomic mass is 9.82. The van der Waals surface area contributed by atoms with E-state index < -0.39 is 0 Å². The van der Waals surface area contributed by atoms with Gasteiger partial charge in [-0.2, -0.15) is 0 Å². The summed E-state index contributed by atoms with van der Waals surface area (Å²) in [5.74, 6) is 0.790. The first-order valence-corrected chi connectivity index (χ1v) is 7.84. The normalized spacial score (nSPS) is 17.9. The van der Waals surface area contributed by atoms with Gasteiger partial charge in [0.15, 0.2) is 0 Å². The van der Waals surface area contributed by atoms with Crippen LogP contribution in [-0.4, -0.2) is 9.97 Å². The summed E-state index contributed by atoms with van der Waals surface area (Å²) in [4.78, 5) is 9.05. The highest BCUT2D eigenvalue weighted by molar-refractivity contribution is 9.10. The van der Waals surface area contributed by atoms with Gasteiger partial charge in [-0.3, -0.25) is 0 Å². The molecule has 1 aliphatic carbocycles. The molecule has 3 rings (SSSR count). The average molecular weight is 332 g/mol. The highest BCUT2D eigenvalue weighted by atomic mass is 79.9. The summed E-state index contributed by atoms with van der Waals surface area (Å²) in [6.45, 7) is 0. The Hall–Kier alpha value is -1.26. The van der Waals surface area contributed by atoms with E-state index in [4.69, 9.17) is 5.73 Å². The van der Waals surface area contributed by atoms with Gasteiger partial charge >= 0.3 is 0 Å². The molecule has 2 N–H and O–H groups in total. The number of halogens is 1. The fourth-order valence-electron chi connectivity index (χ4n) is 2.78. The van der Waals surface area contributed by atoms with Gasteiger partial charge in [-0.05, 0) is 30.5 Å². The molecule has 0 amide bonds. The number of benzene rings is 1. The smallest absolute Gasteiger partial charge is 0.148 e. The monoisotopic (exact) mass is 331 g/mol. The summed E-state index contributed by atoms with van der Waals surface area (Å²) in [6.07, 6.45) is 9.37. The lowest BCUT2D eigenvalue weighted by molar-refractivity contribution is 0.287. The number of nitrogens with two attached hydrogens (primary N) is 1. The number of nitrogens with zero attached hydrogens (tertiary/aromatic N) is 2. The Labute approximate surface area is 127 Å². The molecule has 0 atom stereocenters. The first kappa shape index (κ1) is 13.7. The van der Waals surface area contributed by atoms with Crippen LogP contribution in [0.1, 0.15) is 37.9 Å². The van der Waals surface area contributed by atoms with E-state index in [-0.39, 0.29) is 5.54 Å². The summed E-state index contributed by atoms with van der Waals surface area (Å²) in [6, 6.07) is 8.16. The molecular weight excluding hydrogens is 314 g/mol. The SMILES string of the molecule is NC1(c2ncc(-c3ccc(Br)cc3)cn2)CCCCC1. The van der Waals surface area contributed by atoms with Gasteiger partial charge in [-0.1, -0.05) is 47.3 Å². The lowest BCUT2D eigenvalue weighted by Gasteiger charge is -2.31. The average Bonchev–Trinajstić information content (AvgIpc) is 2.49. The van der Waals surface area contributed by atoms with Crippen molar-refractivity contribution in [2.75, 3.05) is 0 Å². The third-order valence-corrected chi connectivity index (χ3v) is 4.55. The van der Waals surface area contributed by atoms with Crippen molar-refractivity contribution in [2.45, 2.75) is 37.6 Å². The van der Waals surface area contributed by atoms with Crippen molar-refractivity contribution >= 4 is 15.9 Å². The molecule has 0 bridgehead atoms. The molecular formula is C16H18BrN3. The minimum atomic E-state index is -0.323. The van der Waals surface area contributed by atoms with E-state index >= 15 is 0 Å². The molecule has 1 aromatic heterocycles. The number of rotatable bonds is 2. The molecule has 20 heavy (non-hydrogen) atoms. The first-order valence-electron chi connectivity index (χ1n) is 7.05. The Bertz CT molecular complexity index is 572. The Morgan fingerprint density at radius 3 is 2.10 bits per heavy atom. The molecule has 2 aromatic rings. The molecule has 0 aliphatic heterocycles. The zero-order valence-electron chi connectivity index (χ0n) is 11.3.